The number of nitrogens with one attached hydrogen (secondary N) is 1. The highest BCUT2D eigenvalue weighted by Crippen LogP contribution is 2.20. The minimum absolute atomic E-state index is 0.238. The summed E-state index contributed by atoms with van der Waals surface area (Å²) < 4.78 is 5.63. The summed E-state index contributed by atoms with van der Waals surface area (Å²) in [5.74, 6) is 1.26. The summed E-state index contributed by atoms with van der Waals surface area (Å²) in [5, 5.41) is 4.02. The Bertz CT molecular complexity index is 382. The van der Waals surface area contributed by atoms with Gasteiger partial charge in [-0.3, -0.25) is 0 Å². The smallest absolute Gasteiger partial charge is 0.191 e. The monoisotopic (exact) mass is 254 g/mol. The molecule has 1 aliphatic heterocycles. The summed E-state index contributed by atoms with van der Waals surface area (Å²) in [6, 6.07) is 1.99. The molecule has 0 amide bonds. The number of rotatable bonds is 4. The molecule has 6 heteroatoms. The van der Waals surface area contributed by atoms with Crippen molar-refractivity contribution in [2.45, 2.75) is 37.1 Å². The van der Waals surface area contributed by atoms with Crippen LogP contribution in [0.4, 0.5) is 11.6 Å². The van der Waals surface area contributed by atoms with Crippen LogP contribution < -0.4 is 11.1 Å². The van der Waals surface area contributed by atoms with E-state index < -0.39 is 0 Å². The molecule has 0 spiro atoms. The van der Waals surface area contributed by atoms with E-state index in [1.165, 1.54) is 11.8 Å². The largest absolute Gasteiger partial charge is 0.383 e. The first-order valence-electron chi connectivity index (χ1n) is 5.75. The fourth-order valence-corrected chi connectivity index (χ4v) is 2.32. The van der Waals surface area contributed by atoms with E-state index in [0.29, 0.717) is 11.0 Å². The van der Waals surface area contributed by atoms with Crippen molar-refractivity contribution in [3.63, 3.8) is 0 Å². The zero-order valence-corrected chi connectivity index (χ0v) is 11.0. The average Bonchev–Trinajstić information content (AvgIpc) is 2.81. The Morgan fingerprint density at radius 3 is 3.06 bits per heavy atom. The lowest BCUT2D eigenvalue weighted by Crippen LogP contribution is -2.30. The van der Waals surface area contributed by atoms with Crippen LogP contribution in [0.15, 0.2) is 11.2 Å². The molecule has 0 bridgehead atoms. The topological polar surface area (TPSA) is 73.1 Å². The van der Waals surface area contributed by atoms with E-state index in [9.17, 15) is 0 Å². The van der Waals surface area contributed by atoms with E-state index in [1.807, 2.05) is 6.26 Å². The maximum atomic E-state index is 5.73. The molecular formula is C11H18N4OS. The summed E-state index contributed by atoms with van der Waals surface area (Å²) in [6.45, 7) is 2.96. The van der Waals surface area contributed by atoms with Crippen molar-refractivity contribution < 1.29 is 4.74 Å². The second-order valence-electron chi connectivity index (χ2n) is 4.15. The fourth-order valence-electron chi connectivity index (χ4n) is 1.93. The van der Waals surface area contributed by atoms with Crippen molar-refractivity contribution in [2.75, 3.05) is 23.9 Å². The lowest BCUT2D eigenvalue weighted by Gasteiger charge is -2.20. The Morgan fingerprint density at radius 2 is 2.41 bits per heavy atom. The molecule has 0 saturated carbocycles. The third-order valence-electron chi connectivity index (χ3n) is 2.81. The second kappa shape index (κ2) is 5.55. The van der Waals surface area contributed by atoms with Crippen LogP contribution in [0.1, 0.15) is 19.8 Å². The maximum Gasteiger partial charge on any atom is 0.191 e. The molecule has 1 aliphatic rings. The normalized spacial score (nSPS) is 21.4. The number of nitrogens with zero attached hydrogens (tertiary/aromatic N) is 2. The predicted molar refractivity (Wildman–Crippen MR) is 70.3 cm³/mol. The molecule has 17 heavy (non-hydrogen) atoms. The first-order valence-corrected chi connectivity index (χ1v) is 6.98. The van der Waals surface area contributed by atoms with Gasteiger partial charge in [0.15, 0.2) is 5.16 Å². The molecule has 2 atom stereocenters. The number of hydrogen-bond donors (Lipinski definition) is 2. The van der Waals surface area contributed by atoms with Crippen molar-refractivity contribution in [3.05, 3.63) is 6.07 Å². The molecular weight excluding hydrogens is 236 g/mol. The van der Waals surface area contributed by atoms with Gasteiger partial charge in [0.1, 0.15) is 11.6 Å². The van der Waals surface area contributed by atoms with Crippen molar-refractivity contribution in [2.24, 2.45) is 0 Å². The SMILES string of the molecule is CSc1nc(N)cc(NC(C)C2CCCO2)n1. The molecule has 3 N–H and O–H groups in total. The van der Waals surface area contributed by atoms with Crippen LogP contribution in [0.3, 0.4) is 0 Å². The summed E-state index contributed by atoms with van der Waals surface area (Å²) in [5.41, 5.74) is 5.73. The van der Waals surface area contributed by atoms with Crippen molar-refractivity contribution in [1.29, 1.82) is 0 Å². The maximum absolute atomic E-state index is 5.73. The van der Waals surface area contributed by atoms with Crippen LogP contribution in [0.2, 0.25) is 0 Å². The fraction of sp³-hybridized carbons (Fsp3) is 0.636. The molecule has 94 valence electrons. The highest BCUT2D eigenvalue weighted by atomic mass is 32.2. The van der Waals surface area contributed by atoms with Crippen LogP contribution in [0, 0.1) is 0 Å². The first-order chi connectivity index (χ1) is 8.19. The van der Waals surface area contributed by atoms with Gasteiger partial charge in [-0.05, 0) is 26.0 Å². The van der Waals surface area contributed by atoms with Crippen molar-refractivity contribution >= 4 is 23.4 Å². The number of nitrogens with two attached hydrogens (primary N) is 1. The molecule has 1 saturated heterocycles. The van der Waals surface area contributed by atoms with Crippen LogP contribution in [-0.2, 0) is 4.74 Å². The second-order valence-corrected chi connectivity index (χ2v) is 4.92. The molecule has 2 rings (SSSR count). The van der Waals surface area contributed by atoms with Gasteiger partial charge in [-0.1, -0.05) is 11.8 Å². The minimum atomic E-state index is 0.238. The lowest BCUT2D eigenvalue weighted by atomic mass is 10.1. The quantitative estimate of drug-likeness (QED) is 0.630. The molecule has 0 aromatic carbocycles. The number of aromatic nitrogens is 2. The van der Waals surface area contributed by atoms with Gasteiger partial charge in [0.25, 0.3) is 0 Å². The van der Waals surface area contributed by atoms with Crippen LogP contribution >= 0.6 is 11.8 Å². The summed E-state index contributed by atoms with van der Waals surface area (Å²) >= 11 is 1.48. The van der Waals surface area contributed by atoms with E-state index in [1.54, 1.807) is 6.07 Å². The standard InChI is InChI=1S/C11H18N4OS/c1-7(8-4-3-5-16-8)13-10-6-9(12)14-11(15-10)17-2/h6-8H,3-5H2,1-2H3,(H3,12,13,14,15). The third kappa shape index (κ3) is 3.23. The Hall–Kier alpha value is -1.01. The molecule has 1 fully saturated rings. The molecule has 2 unspecified atom stereocenters. The number of nitrogen functional groups attached to an aromatic ring is 1. The lowest BCUT2D eigenvalue weighted by molar-refractivity contribution is 0.0995. The van der Waals surface area contributed by atoms with Crippen molar-refractivity contribution in [3.8, 4) is 0 Å². The summed E-state index contributed by atoms with van der Waals surface area (Å²) in [6.07, 6.45) is 4.44. The number of hydrogen-bond acceptors (Lipinski definition) is 6. The molecule has 1 aromatic rings. The Balaban J connectivity index is 2.04. The van der Waals surface area contributed by atoms with Gasteiger partial charge < -0.3 is 15.8 Å². The Labute approximate surface area is 106 Å². The number of ether oxygens (including phenoxy) is 1. The third-order valence-corrected chi connectivity index (χ3v) is 3.35. The number of thioether (sulfide) groups is 1. The van der Waals surface area contributed by atoms with Gasteiger partial charge >= 0.3 is 0 Å². The van der Waals surface area contributed by atoms with E-state index in [-0.39, 0.29) is 12.1 Å². The average molecular weight is 254 g/mol. The minimum Gasteiger partial charge on any atom is -0.383 e. The number of anilines is 2. The highest BCUT2D eigenvalue weighted by molar-refractivity contribution is 7.98. The van der Waals surface area contributed by atoms with Crippen LogP contribution in [-0.4, -0.2) is 35.0 Å². The van der Waals surface area contributed by atoms with Gasteiger partial charge in [-0.2, -0.15) is 0 Å². The van der Waals surface area contributed by atoms with Gasteiger partial charge in [0.05, 0.1) is 12.1 Å². The van der Waals surface area contributed by atoms with Gasteiger partial charge in [0, 0.05) is 12.7 Å². The predicted octanol–water partition coefficient (Wildman–Crippen LogP) is 1.76. The summed E-state index contributed by atoms with van der Waals surface area (Å²) in [7, 11) is 0. The van der Waals surface area contributed by atoms with E-state index in [2.05, 4.69) is 22.2 Å². The molecule has 1 aromatic heterocycles. The Morgan fingerprint density at radius 1 is 1.59 bits per heavy atom. The van der Waals surface area contributed by atoms with Gasteiger partial charge in [-0.15, -0.1) is 0 Å². The van der Waals surface area contributed by atoms with E-state index in [0.717, 1.165) is 25.3 Å². The van der Waals surface area contributed by atoms with Crippen LogP contribution in [0.5, 0.6) is 0 Å². The molecule has 0 radical (unpaired) electrons. The molecule has 5 nitrogen and oxygen atoms in total. The van der Waals surface area contributed by atoms with E-state index >= 15 is 0 Å². The zero-order valence-electron chi connectivity index (χ0n) is 10.1. The van der Waals surface area contributed by atoms with Crippen molar-refractivity contribution in [1.82, 2.24) is 9.97 Å². The first kappa shape index (κ1) is 12.4. The van der Waals surface area contributed by atoms with Gasteiger partial charge in [0.2, 0.25) is 0 Å². The molecule has 0 aliphatic carbocycles. The van der Waals surface area contributed by atoms with Gasteiger partial charge in [-0.25, -0.2) is 9.97 Å². The zero-order chi connectivity index (χ0) is 12.3. The molecule has 2 heterocycles. The Kier molecular flexibility index (Phi) is 4.06. The van der Waals surface area contributed by atoms with E-state index in [4.69, 9.17) is 10.5 Å². The van der Waals surface area contributed by atoms with Crippen LogP contribution in [0.25, 0.3) is 0 Å². The summed E-state index contributed by atoms with van der Waals surface area (Å²) in [4.78, 5) is 8.48. The highest BCUT2D eigenvalue weighted by Gasteiger charge is 2.22.